The molecule has 2 N–H and O–H groups in total. The molecule has 0 saturated heterocycles. The van der Waals surface area contributed by atoms with Crippen molar-refractivity contribution < 1.29 is 9.47 Å². The van der Waals surface area contributed by atoms with E-state index < -0.39 is 0 Å². The van der Waals surface area contributed by atoms with Gasteiger partial charge in [-0.1, -0.05) is 0 Å². The van der Waals surface area contributed by atoms with Crippen molar-refractivity contribution in [2.45, 2.75) is 38.6 Å². The van der Waals surface area contributed by atoms with Crippen LogP contribution in [0.3, 0.4) is 0 Å². The van der Waals surface area contributed by atoms with Crippen molar-refractivity contribution in [2.24, 2.45) is 5.73 Å². The summed E-state index contributed by atoms with van der Waals surface area (Å²) in [5, 5.41) is 0. The minimum Gasteiger partial charge on any atom is -0.493 e. The highest BCUT2D eigenvalue weighted by Crippen LogP contribution is 2.47. The standard InChI is InChI=1S/C14H18BrNO2/c1-14(2,16)7-10-8-3-5-18-13(8)11(15)9-4-6-17-12(9)10/h3-7,16H2,1-2H3. The lowest BCUT2D eigenvalue weighted by atomic mass is 9.89. The molecule has 3 rings (SSSR count). The predicted molar refractivity (Wildman–Crippen MR) is 74.5 cm³/mol. The molecule has 0 bridgehead atoms. The summed E-state index contributed by atoms with van der Waals surface area (Å²) < 4.78 is 12.7. The van der Waals surface area contributed by atoms with E-state index in [1.807, 2.05) is 0 Å². The Kier molecular flexibility index (Phi) is 2.83. The molecule has 0 aromatic heterocycles. The summed E-state index contributed by atoms with van der Waals surface area (Å²) in [5.74, 6) is 2.06. The van der Waals surface area contributed by atoms with E-state index in [4.69, 9.17) is 15.2 Å². The van der Waals surface area contributed by atoms with E-state index in [0.29, 0.717) is 0 Å². The highest BCUT2D eigenvalue weighted by Gasteiger charge is 2.32. The fourth-order valence-electron chi connectivity index (χ4n) is 2.79. The van der Waals surface area contributed by atoms with Gasteiger partial charge in [-0.15, -0.1) is 0 Å². The third-order valence-electron chi connectivity index (χ3n) is 3.48. The number of fused-ring (bicyclic) bond motifs is 2. The average Bonchev–Trinajstić information content (AvgIpc) is 2.91. The fourth-order valence-corrected chi connectivity index (χ4v) is 3.52. The molecular formula is C14H18BrNO2. The first-order valence-corrected chi connectivity index (χ1v) is 7.17. The maximum atomic E-state index is 6.19. The molecule has 0 unspecified atom stereocenters. The summed E-state index contributed by atoms with van der Waals surface area (Å²) in [5.41, 5.74) is 9.73. The van der Waals surface area contributed by atoms with Crippen LogP contribution in [0.1, 0.15) is 30.5 Å². The van der Waals surface area contributed by atoms with Crippen LogP contribution in [0.5, 0.6) is 11.5 Å². The van der Waals surface area contributed by atoms with E-state index in [1.165, 1.54) is 16.7 Å². The third-order valence-corrected chi connectivity index (χ3v) is 4.32. The predicted octanol–water partition coefficient (Wildman–Crippen LogP) is 2.60. The molecule has 0 fully saturated rings. The van der Waals surface area contributed by atoms with Crippen molar-refractivity contribution >= 4 is 15.9 Å². The molecule has 3 nitrogen and oxygen atoms in total. The summed E-state index contributed by atoms with van der Waals surface area (Å²) >= 11 is 3.66. The maximum Gasteiger partial charge on any atom is 0.137 e. The number of hydrogen-bond donors (Lipinski definition) is 1. The van der Waals surface area contributed by atoms with Crippen LogP contribution in [0, 0.1) is 0 Å². The lowest BCUT2D eigenvalue weighted by Crippen LogP contribution is -2.34. The molecule has 0 atom stereocenters. The van der Waals surface area contributed by atoms with Gasteiger partial charge in [0.2, 0.25) is 0 Å². The molecule has 0 radical (unpaired) electrons. The zero-order valence-electron chi connectivity index (χ0n) is 10.8. The normalized spacial score (nSPS) is 17.1. The molecule has 2 aliphatic heterocycles. The first-order chi connectivity index (χ1) is 8.47. The molecule has 0 saturated carbocycles. The van der Waals surface area contributed by atoms with E-state index >= 15 is 0 Å². The fraction of sp³-hybridized carbons (Fsp3) is 0.571. The smallest absolute Gasteiger partial charge is 0.137 e. The van der Waals surface area contributed by atoms with Gasteiger partial charge in [0, 0.05) is 35.1 Å². The molecule has 98 valence electrons. The van der Waals surface area contributed by atoms with Crippen LogP contribution in [-0.2, 0) is 19.3 Å². The Morgan fingerprint density at radius 1 is 1.11 bits per heavy atom. The lowest BCUT2D eigenvalue weighted by molar-refractivity contribution is 0.349. The average molecular weight is 312 g/mol. The van der Waals surface area contributed by atoms with Crippen LogP contribution in [0.2, 0.25) is 0 Å². The van der Waals surface area contributed by atoms with Gasteiger partial charge < -0.3 is 15.2 Å². The molecule has 2 aliphatic rings. The molecule has 4 heteroatoms. The first kappa shape index (κ1) is 12.3. The van der Waals surface area contributed by atoms with Gasteiger partial charge in [0.05, 0.1) is 17.7 Å². The minimum atomic E-state index is -0.232. The highest BCUT2D eigenvalue weighted by molar-refractivity contribution is 9.10. The van der Waals surface area contributed by atoms with Crippen molar-refractivity contribution in [1.29, 1.82) is 0 Å². The number of rotatable bonds is 2. The van der Waals surface area contributed by atoms with Gasteiger partial charge in [-0.25, -0.2) is 0 Å². The van der Waals surface area contributed by atoms with Crippen LogP contribution < -0.4 is 15.2 Å². The quantitative estimate of drug-likeness (QED) is 0.913. The summed E-state index contributed by atoms with van der Waals surface area (Å²) in [6, 6.07) is 0. The minimum absolute atomic E-state index is 0.232. The van der Waals surface area contributed by atoms with Crippen molar-refractivity contribution in [3.8, 4) is 11.5 Å². The third kappa shape index (κ3) is 1.91. The highest BCUT2D eigenvalue weighted by atomic mass is 79.9. The number of benzene rings is 1. The largest absolute Gasteiger partial charge is 0.493 e. The molecule has 1 aromatic carbocycles. The van der Waals surface area contributed by atoms with Gasteiger partial charge >= 0.3 is 0 Å². The maximum absolute atomic E-state index is 6.19. The second-order valence-electron chi connectivity index (χ2n) is 5.77. The molecule has 1 aromatic rings. The summed E-state index contributed by atoms with van der Waals surface area (Å²) in [6.07, 6.45) is 2.73. The van der Waals surface area contributed by atoms with Crippen molar-refractivity contribution in [1.82, 2.24) is 0 Å². The Balaban J connectivity index is 2.18. The van der Waals surface area contributed by atoms with E-state index in [9.17, 15) is 0 Å². The van der Waals surface area contributed by atoms with E-state index in [2.05, 4.69) is 29.8 Å². The number of ether oxygens (including phenoxy) is 2. The monoisotopic (exact) mass is 311 g/mol. The van der Waals surface area contributed by atoms with Crippen LogP contribution in [0.15, 0.2) is 4.47 Å². The molecule has 18 heavy (non-hydrogen) atoms. The second-order valence-corrected chi connectivity index (χ2v) is 6.56. The summed E-state index contributed by atoms with van der Waals surface area (Å²) in [6.45, 7) is 5.63. The van der Waals surface area contributed by atoms with Gasteiger partial charge in [-0.05, 0) is 36.2 Å². The van der Waals surface area contributed by atoms with Gasteiger partial charge in [0.1, 0.15) is 11.5 Å². The second kappa shape index (κ2) is 4.14. The first-order valence-electron chi connectivity index (χ1n) is 6.38. The Labute approximate surface area is 116 Å². The van der Waals surface area contributed by atoms with Crippen LogP contribution in [0.25, 0.3) is 0 Å². The van der Waals surface area contributed by atoms with Crippen LogP contribution >= 0.6 is 15.9 Å². The van der Waals surface area contributed by atoms with Gasteiger partial charge in [0.15, 0.2) is 0 Å². The Morgan fingerprint density at radius 3 is 2.39 bits per heavy atom. The summed E-state index contributed by atoms with van der Waals surface area (Å²) in [4.78, 5) is 0. The lowest BCUT2D eigenvalue weighted by Gasteiger charge is -2.22. The molecule has 0 spiro atoms. The van der Waals surface area contributed by atoms with E-state index in [1.54, 1.807) is 0 Å². The molecular weight excluding hydrogens is 294 g/mol. The molecule has 0 aliphatic carbocycles. The van der Waals surface area contributed by atoms with Gasteiger partial charge in [0.25, 0.3) is 0 Å². The van der Waals surface area contributed by atoms with E-state index in [-0.39, 0.29) is 5.54 Å². The van der Waals surface area contributed by atoms with Crippen molar-refractivity contribution in [3.63, 3.8) is 0 Å². The van der Waals surface area contributed by atoms with Gasteiger partial charge in [-0.3, -0.25) is 0 Å². The van der Waals surface area contributed by atoms with Crippen molar-refractivity contribution in [2.75, 3.05) is 13.2 Å². The Hall–Kier alpha value is -0.740. The molecule has 0 amide bonds. The van der Waals surface area contributed by atoms with E-state index in [0.717, 1.165) is 48.4 Å². The number of nitrogens with two attached hydrogens (primary N) is 1. The number of hydrogen-bond acceptors (Lipinski definition) is 3. The Morgan fingerprint density at radius 2 is 1.72 bits per heavy atom. The number of halogens is 1. The van der Waals surface area contributed by atoms with Crippen molar-refractivity contribution in [3.05, 3.63) is 21.2 Å². The zero-order valence-corrected chi connectivity index (χ0v) is 12.4. The zero-order chi connectivity index (χ0) is 12.9. The topological polar surface area (TPSA) is 44.5 Å². The SMILES string of the molecule is CC(C)(N)Cc1c2c(c(Br)c3c1OCC3)OCC2. The Bertz CT molecular complexity index is 470. The summed E-state index contributed by atoms with van der Waals surface area (Å²) in [7, 11) is 0. The van der Waals surface area contributed by atoms with Crippen LogP contribution in [0.4, 0.5) is 0 Å². The van der Waals surface area contributed by atoms with Gasteiger partial charge in [-0.2, -0.15) is 0 Å². The van der Waals surface area contributed by atoms with Crippen LogP contribution in [-0.4, -0.2) is 18.8 Å². The molecule has 2 heterocycles.